The highest BCUT2D eigenvalue weighted by molar-refractivity contribution is 9.10. The molecule has 1 aromatic carbocycles. The molecular weight excluding hydrogens is 493 g/mol. The highest BCUT2D eigenvalue weighted by Crippen LogP contribution is 2.36. The van der Waals surface area contributed by atoms with Gasteiger partial charge in [-0.3, -0.25) is 4.98 Å². The summed E-state index contributed by atoms with van der Waals surface area (Å²) < 4.78 is 20.8. The summed E-state index contributed by atoms with van der Waals surface area (Å²) in [5.41, 5.74) is 0.934. The van der Waals surface area contributed by atoms with Crippen LogP contribution in [0.2, 0.25) is 5.02 Å². The third-order valence-electron chi connectivity index (χ3n) is 4.95. The fourth-order valence-corrected chi connectivity index (χ4v) is 3.84. The van der Waals surface area contributed by atoms with Crippen molar-refractivity contribution in [2.24, 2.45) is 0 Å². The predicted molar refractivity (Wildman–Crippen MR) is 117 cm³/mol. The molecule has 162 valence electrons. The number of benzene rings is 1. The van der Waals surface area contributed by atoms with Gasteiger partial charge in [0.05, 0.1) is 16.1 Å². The molecule has 1 fully saturated rings. The Kier molecular flexibility index (Phi) is 6.38. The van der Waals surface area contributed by atoms with Gasteiger partial charge < -0.3 is 19.6 Å². The van der Waals surface area contributed by atoms with E-state index in [4.69, 9.17) is 16.3 Å². The number of fused-ring (bicyclic) bond motifs is 1. The minimum absolute atomic E-state index is 0.0345. The number of hydrogen-bond acceptors (Lipinski definition) is 6. The van der Waals surface area contributed by atoms with E-state index in [1.165, 1.54) is 4.90 Å². The molecule has 3 heterocycles. The summed E-state index contributed by atoms with van der Waals surface area (Å²) in [5, 5.41) is 9.82. The number of piperazine rings is 1. The average Bonchev–Trinajstić information content (AvgIpc) is 2.78. The Hall–Kier alpha value is -2.72. The van der Waals surface area contributed by atoms with Gasteiger partial charge in [-0.2, -0.15) is 9.97 Å². The quantitative estimate of drug-likeness (QED) is 0.519. The number of rotatable bonds is 5. The van der Waals surface area contributed by atoms with Crippen LogP contribution in [0.25, 0.3) is 10.9 Å². The lowest BCUT2D eigenvalue weighted by atomic mass is 10.2. The summed E-state index contributed by atoms with van der Waals surface area (Å²) in [4.78, 5) is 27.4. The zero-order valence-corrected chi connectivity index (χ0v) is 18.6. The van der Waals surface area contributed by atoms with Crippen molar-refractivity contribution in [2.75, 3.05) is 37.7 Å². The first-order valence-corrected chi connectivity index (χ1v) is 10.7. The lowest BCUT2D eigenvalue weighted by Gasteiger charge is -2.34. The molecule has 1 saturated heterocycles. The number of anilines is 1. The summed E-state index contributed by atoms with van der Waals surface area (Å²) >= 11 is 9.33. The number of hydrogen-bond donors (Lipinski definition) is 1. The van der Waals surface area contributed by atoms with Gasteiger partial charge in [-0.1, -0.05) is 17.7 Å². The van der Waals surface area contributed by atoms with Gasteiger partial charge in [0.25, 0.3) is 0 Å². The largest absolute Gasteiger partial charge is 0.465 e. The van der Waals surface area contributed by atoms with Crippen molar-refractivity contribution in [3.63, 3.8) is 0 Å². The van der Waals surface area contributed by atoms with Crippen molar-refractivity contribution >= 4 is 50.3 Å². The van der Waals surface area contributed by atoms with E-state index in [-0.39, 0.29) is 27.6 Å². The molecule has 0 aliphatic carbocycles. The maximum absolute atomic E-state index is 14.9. The molecule has 3 aromatic rings. The van der Waals surface area contributed by atoms with Crippen LogP contribution in [0, 0.1) is 5.82 Å². The number of nitrogens with zero attached hydrogens (tertiary/aromatic N) is 5. The molecule has 0 spiro atoms. The number of halogens is 3. The van der Waals surface area contributed by atoms with Crippen LogP contribution in [0.1, 0.15) is 5.69 Å². The number of aromatic nitrogens is 3. The molecule has 8 nitrogen and oxygen atoms in total. The van der Waals surface area contributed by atoms with Crippen LogP contribution in [0.4, 0.5) is 15.0 Å². The molecule has 31 heavy (non-hydrogen) atoms. The van der Waals surface area contributed by atoms with E-state index in [1.807, 2.05) is 23.1 Å². The first-order chi connectivity index (χ1) is 14.9. The van der Waals surface area contributed by atoms with Crippen molar-refractivity contribution in [2.45, 2.75) is 6.42 Å². The Balaban J connectivity index is 1.65. The van der Waals surface area contributed by atoms with E-state index >= 15 is 0 Å². The van der Waals surface area contributed by atoms with Gasteiger partial charge in [-0.15, -0.1) is 0 Å². The molecule has 2 aromatic heterocycles. The van der Waals surface area contributed by atoms with Gasteiger partial charge in [0.15, 0.2) is 5.82 Å². The molecule has 0 radical (unpaired) electrons. The monoisotopic (exact) mass is 509 g/mol. The van der Waals surface area contributed by atoms with Gasteiger partial charge in [-0.05, 0) is 34.1 Å². The lowest BCUT2D eigenvalue weighted by molar-refractivity contribution is 0.142. The van der Waals surface area contributed by atoms with Crippen LogP contribution < -0.4 is 9.64 Å². The Labute approximate surface area is 190 Å². The van der Waals surface area contributed by atoms with Crippen molar-refractivity contribution in [3.8, 4) is 6.01 Å². The van der Waals surface area contributed by atoms with E-state index < -0.39 is 11.9 Å². The second kappa shape index (κ2) is 9.19. The zero-order valence-electron chi connectivity index (χ0n) is 16.3. The molecule has 0 unspecified atom stereocenters. The third kappa shape index (κ3) is 4.64. The molecule has 0 bridgehead atoms. The minimum atomic E-state index is -0.969. The fourth-order valence-electron chi connectivity index (χ4n) is 3.34. The zero-order chi connectivity index (χ0) is 22.0. The molecule has 1 N–H and O–H groups in total. The third-order valence-corrected chi connectivity index (χ3v) is 6.25. The number of carboxylic acid groups (broad SMARTS) is 1. The Morgan fingerprint density at radius 2 is 2.03 bits per heavy atom. The average molecular weight is 511 g/mol. The molecule has 1 aliphatic heterocycles. The van der Waals surface area contributed by atoms with E-state index in [9.17, 15) is 14.3 Å². The first-order valence-electron chi connectivity index (χ1n) is 9.55. The number of pyridine rings is 1. The standard InChI is InChI=1S/C20H18BrClFN5O3/c21-15-14(22)11-13-17(16(15)23)25-19(31-10-4-12-3-1-2-5-24-12)26-18(13)27-6-8-28(9-7-27)20(29)30/h1-3,5,11H,4,6-10H2,(H,29,30). The summed E-state index contributed by atoms with van der Waals surface area (Å²) in [6.07, 6.45) is 1.28. The summed E-state index contributed by atoms with van der Waals surface area (Å²) in [5.74, 6) is -0.152. The van der Waals surface area contributed by atoms with Crippen molar-refractivity contribution in [1.82, 2.24) is 19.9 Å². The summed E-state index contributed by atoms with van der Waals surface area (Å²) in [7, 11) is 0. The van der Waals surface area contributed by atoms with Gasteiger partial charge in [0.1, 0.15) is 11.3 Å². The van der Waals surface area contributed by atoms with Gasteiger partial charge in [-0.25, -0.2) is 9.18 Å². The van der Waals surface area contributed by atoms with Crippen molar-refractivity contribution in [1.29, 1.82) is 0 Å². The van der Waals surface area contributed by atoms with Crippen LogP contribution in [0.15, 0.2) is 34.9 Å². The van der Waals surface area contributed by atoms with Crippen LogP contribution >= 0.6 is 27.5 Å². The van der Waals surface area contributed by atoms with Gasteiger partial charge in [0.2, 0.25) is 0 Å². The van der Waals surface area contributed by atoms with Crippen LogP contribution in [0.5, 0.6) is 6.01 Å². The van der Waals surface area contributed by atoms with Gasteiger partial charge in [0, 0.05) is 49.9 Å². The molecule has 1 amide bonds. The van der Waals surface area contributed by atoms with Crippen LogP contribution in [-0.2, 0) is 6.42 Å². The Bertz CT molecular complexity index is 1110. The predicted octanol–water partition coefficient (Wildman–Crippen LogP) is 4.00. The molecule has 11 heteroatoms. The van der Waals surface area contributed by atoms with E-state index in [1.54, 1.807) is 12.3 Å². The normalized spacial score (nSPS) is 14.2. The number of carbonyl (C=O) groups is 1. The highest BCUT2D eigenvalue weighted by atomic mass is 79.9. The van der Waals surface area contributed by atoms with E-state index in [0.717, 1.165) is 5.69 Å². The lowest BCUT2D eigenvalue weighted by Crippen LogP contribution is -2.48. The number of amides is 1. The smallest absolute Gasteiger partial charge is 0.407 e. The SMILES string of the molecule is O=C(O)N1CCN(c2nc(OCCc3ccccn3)nc3c(F)c(Br)c(Cl)cc23)CC1. The molecule has 0 saturated carbocycles. The maximum atomic E-state index is 14.9. The van der Waals surface area contributed by atoms with Crippen molar-refractivity contribution < 1.29 is 19.0 Å². The molecular formula is C20H18BrClFN5O3. The topological polar surface area (TPSA) is 91.7 Å². The maximum Gasteiger partial charge on any atom is 0.407 e. The molecule has 4 rings (SSSR count). The van der Waals surface area contributed by atoms with Crippen LogP contribution in [0.3, 0.4) is 0 Å². The van der Waals surface area contributed by atoms with Gasteiger partial charge >= 0.3 is 12.1 Å². The summed E-state index contributed by atoms with van der Waals surface area (Å²) in [6.45, 7) is 1.69. The van der Waals surface area contributed by atoms with E-state index in [2.05, 4.69) is 30.9 Å². The highest BCUT2D eigenvalue weighted by Gasteiger charge is 2.25. The van der Waals surface area contributed by atoms with Crippen LogP contribution in [-0.4, -0.2) is 63.8 Å². The second-order valence-electron chi connectivity index (χ2n) is 6.89. The fraction of sp³-hybridized carbons (Fsp3) is 0.300. The molecule has 1 aliphatic rings. The molecule has 0 atom stereocenters. The van der Waals surface area contributed by atoms with E-state index in [0.29, 0.717) is 43.8 Å². The Morgan fingerprint density at radius 3 is 2.71 bits per heavy atom. The van der Waals surface area contributed by atoms with Crippen molar-refractivity contribution in [3.05, 3.63) is 51.5 Å². The summed E-state index contributed by atoms with van der Waals surface area (Å²) in [6, 6.07) is 7.24. The first kappa shape index (κ1) is 21.5. The number of ether oxygens (including phenoxy) is 1. The Morgan fingerprint density at radius 1 is 1.26 bits per heavy atom. The second-order valence-corrected chi connectivity index (χ2v) is 8.09. The minimum Gasteiger partial charge on any atom is -0.465 e.